The van der Waals surface area contributed by atoms with Crippen molar-refractivity contribution in [1.29, 1.82) is 0 Å². The van der Waals surface area contributed by atoms with Gasteiger partial charge in [-0.1, -0.05) is 18.2 Å². The van der Waals surface area contributed by atoms with E-state index >= 15 is 0 Å². The van der Waals surface area contributed by atoms with Gasteiger partial charge in [-0.05, 0) is 17.5 Å². The highest BCUT2D eigenvalue weighted by Gasteiger charge is 2.09. The molecule has 1 aromatic heterocycles. The van der Waals surface area contributed by atoms with E-state index in [9.17, 15) is 9.59 Å². The van der Waals surface area contributed by atoms with E-state index in [4.69, 9.17) is 0 Å². The van der Waals surface area contributed by atoms with E-state index in [2.05, 4.69) is 0 Å². The van der Waals surface area contributed by atoms with Gasteiger partial charge in [0.2, 0.25) is 0 Å². The molecule has 0 saturated heterocycles. The molecule has 0 spiro atoms. The van der Waals surface area contributed by atoms with Crippen LogP contribution in [-0.4, -0.2) is 12.1 Å². The van der Waals surface area contributed by atoms with E-state index in [-0.39, 0.29) is 5.78 Å². The number of thiophene rings is 1. The molecule has 1 heterocycles. The lowest BCUT2D eigenvalue weighted by atomic mass is 10.0. The van der Waals surface area contributed by atoms with Gasteiger partial charge in [0.1, 0.15) is 6.29 Å². The summed E-state index contributed by atoms with van der Waals surface area (Å²) < 4.78 is 0. The molecule has 0 aliphatic carbocycles. The van der Waals surface area contributed by atoms with Crippen LogP contribution < -0.4 is 0 Å². The first-order valence-electron chi connectivity index (χ1n) is 4.43. The lowest BCUT2D eigenvalue weighted by Gasteiger charge is -1.98. The maximum absolute atomic E-state index is 11.9. The molecular formula is C12H8O2S. The largest absolute Gasteiger partial charge is 0.298 e. The summed E-state index contributed by atoms with van der Waals surface area (Å²) in [6, 6.07) is 8.49. The van der Waals surface area contributed by atoms with Crippen LogP contribution in [0.25, 0.3) is 0 Å². The molecule has 0 bridgehead atoms. The Morgan fingerprint density at radius 2 is 2.07 bits per heavy atom. The Kier molecular flexibility index (Phi) is 2.74. The zero-order valence-corrected chi connectivity index (χ0v) is 8.66. The minimum absolute atomic E-state index is 0.0417. The quantitative estimate of drug-likeness (QED) is 0.584. The van der Waals surface area contributed by atoms with Gasteiger partial charge in [-0.3, -0.25) is 9.59 Å². The molecule has 15 heavy (non-hydrogen) atoms. The maximum atomic E-state index is 11.9. The second kappa shape index (κ2) is 4.19. The molecule has 2 rings (SSSR count). The van der Waals surface area contributed by atoms with Crippen LogP contribution in [0.5, 0.6) is 0 Å². The topological polar surface area (TPSA) is 34.1 Å². The minimum Gasteiger partial charge on any atom is -0.298 e. The highest BCUT2D eigenvalue weighted by atomic mass is 32.1. The van der Waals surface area contributed by atoms with E-state index in [1.54, 1.807) is 35.7 Å². The van der Waals surface area contributed by atoms with Crippen molar-refractivity contribution in [3.8, 4) is 0 Å². The molecule has 0 N–H and O–H groups in total. The van der Waals surface area contributed by atoms with Crippen LogP contribution in [0.3, 0.4) is 0 Å². The van der Waals surface area contributed by atoms with E-state index in [1.165, 1.54) is 11.3 Å². The molecule has 0 fully saturated rings. The van der Waals surface area contributed by atoms with Gasteiger partial charge in [0.25, 0.3) is 0 Å². The summed E-state index contributed by atoms with van der Waals surface area (Å²) in [5.41, 5.74) is 1.75. The molecule has 74 valence electrons. The summed E-state index contributed by atoms with van der Waals surface area (Å²) in [5, 5.41) is 3.66. The summed E-state index contributed by atoms with van der Waals surface area (Å²) in [4.78, 5) is 22.4. The number of hydrogen-bond acceptors (Lipinski definition) is 3. The molecule has 0 atom stereocenters. The SMILES string of the molecule is O=Cc1cccc(C(=O)c2ccsc2)c1. The van der Waals surface area contributed by atoms with Crippen LogP contribution in [0, 0.1) is 0 Å². The minimum atomic E-state index is -0.0417. The van der Waals surface area contributed by atoms with Gasteiger partial charge in [0, 0.05) is 22.1 Å². The predicted molar refractivity (Wildman–Crippen MR) is 59.6 cm³/mol. The molecule has 2 nitrogen and oxygen atoms in total. The number of carbonyl (C=O) groups excluding carboxylic acids is 2. The van der Waals surface area contributed by atoms with E-state index in [0.29, 0.717) is 16.7 Å². The lowest BCUT2D eigenvalue weighted by Crippen LogP contribution is -1.99. The Labute approximate surface area is 91.2 Å². The van der Waals surface area contributed by atoms with Gasteiger partial charge >= 0.3 is 0 Å². The average molecular weight is 216 g/mol. The van der Waals surface area contributed by atoms with Gasteiger partial charge in [-0.15, -0.1) is 0 Å². The van der Waals surface area contributed by atoms with Crippen LogP contribution >= 0.6 is 11.3 Å². The van der Waals surface area contributed by atoms with Crippen LogP contribution in [0.4, 0.5) is 0 Å². The first-order chi connectivity index (χ1) is 7.31. The first kappa shape index (κ1) is 9.80. The third kappa shape index (κ3) is 2.02. The lowest BCUT2D eigenvalue weighted by molar-refractivity contribution is 0.103. The molecule has 0 aliphatic heterocycles. The third-order valence-electron chi connectivity index (χ3n) is 2.07. The monoisotopic (exact) mass is 216 g/mol. The normalized spacial score (nSPS) is 9.87. The predicted octanol–water partition coefficient (Wildman–Crippen LogP) is 2.79. The Hall–Kier alpha value is -1.74. The van der Waals surface area contributed by atoms with Crippen LogP contribution in [-0.2, 0) is 0 Å². The van der Waals surface area contributed by atoms with Crippen molar-refractivity contribution in [1.82, 2.24) is 0 Å². The number of hydrogen-bond donors (Lipinski definition) is 0. The van der Waals surface area contributed by atoms with Gasteiger partial charge in [0.15, 0.2) is 5.78 Å². The number of benzene rings is 1. The van der Waals surface area contributed by atoms with Crippen molar-refractivity contribution in [3.63, 3.8) is 0 Å². The number of rotatable bonds is 3. The molecule has 0 saturated carbocycles. The van der Waals surface area contributed by atoms with E-state index < -0.39 is 0 Å². The van der Waals surface area contributed by atoms with Gasteiger partial charge in [-0.2, -0.15) is 11.3 Å². The summed E-state index contributed by atoms with van der Waals surface area (Å²) >= 11 is 1.48. The smallest absolute Gasteiger partial charge is 0.193 e. The standard InChI is InChI=1S/C12H8O2S/c13-7-9-2-1-3-10(6-9)12(14)11-4-5-15-8-11/h1-8H. The molecule has 1 aromatic carbocycles. The average Bonchev–Trinajstić information content (AvgIpc) is 2.81. The summed E-state index contributed by atoms with van der Waals surface area (Å²) in [6.07, 6.45) is 0.740. The Bertz CT molecular complexity index is 486. The molecule has 2 aromatic rings. The zero-order valence-electron chi connectivity index (χ0n) is 7.84. The van der Waals surface area contributed by atoms with Crippen molar-refractivity contribution < 1.29 is 9.59 Å². The van der Waals surface area contributed by atoms with Crippen molar-refractivity contribution in [2.45, 2.75) is 0 Å². The van der Waals surface area contributed by atoms with E-state index in [0.717, 1.165) is 6.29 Å². The highest BCUT2D eigenvalue weighted by molar-refractivity contribution is 7.08. The van der Waals surface area contributed by atoms with Crippen molar-refractivity contribution in [2.75, 3.05) is 0 Å². The molecular weight excluding hydrogens is 208 g/mol. The maximum Gasteiger partial charge on any atom is 0.193 e. The fourth-order valence-electron chi connectivity index (χ4n) is 1.31. The fraction of sp³-hybridized carbons (Fsp3) is 0. The third-order valence-corrected chi connectivity index (χ3v) is 2.75. The zero-order chi connectivity index (χ0) is 10.7. The Balaban J connectivity index is 2.38. The van der Waals surface area contributed by atoms with Crippen molar-refractivity contribution in [2.24, 2.45) is 0 Å². The molecule has 0 aliphatic rings. The van der Waals surface area contributed by atoms with Gasteiger partial charge in [-0.25, -0.2) is 0 Å². The van der Waals surface area contributed by atoms with Crippen LogP contribution in [0.2, 0.25) is 0 Å². The summed E-state index contributed by atoms with van der Waals surface area (Å²) in [6.45, 7) is 0. The second-order valence-corrected chi connectivity index (χ2v) is 3.86. The first-order valence-corrected chi connectivity index (χ1v) is 5.37. The molecule has 3 heteroatoms. The van der Waals surface area contributed by atoms with Gasteiger partial charge < -0.3 is 0 Å². The van der Waals surface area contributed by atoms with Gasteiger partial charge in [0.05, 0.1) is 0 Å². The number of aldehydes is 1. The van der Waals surface area contributed by atoms with E-state index in [1.807, 2.05) is 5.38 Å². The number of ketones is 1. The summed E-state index contributed by atoms with van der Waals surface area (Å²) in [5.74, 6) is -0.0417. The highest BCUT2D eigenvalue weighted by Crippen LogP contribution is 2.13. The molecule has 0 amide bonds. The number of carbonyl (C=O) groups is 2. The Morgan fingerprint density at radius 1 is 1.20 bits per heavy atom. The Morgan fingerprint density at radius 3 is 2.73 bits per heavy atom. The van der Waals surface area contributed by atoms with Crippen LogP contribution in [0.15, 0.2) is 41.1 Å². The van der Waals surface area contributed by atoms with Crippen molar-refractivity contribution in [3.05, 3.63) is 57.8 Å². The summed E-state index contributed by atoms with van der Waals surface area (Å²) in [7, 11) is 0. The fourth-order valence-corrected chi connectivity index (χ4v) is 1.95. The molecule has 0 radical (unpaired) electrons. The van der Waals surface area contributed by atoms with Crippen LogP contribution in [0.1, 0.15) is 26.3 Å². The molecule has 0 unspecified atom stereocenters. The van der Waals surface area contributed by atoms with Crippen molar-refractivity contribution >= 4 is 23.4 Å². The second-order valence-electron chi connectivity index (χ2n) is 3.08.